The summed E-state index contributed by atoms with van der Waals surface area (Å²) in [6.45, 7) is 2.80. The summed E-state index contributed by atoms with van der Waals surface area (Å²) in [6.07, 6.45) is 7.36. The van der Waals surface area contributed by atoms with Crippen LogP contribution < -0.4 is 0 Å². The molecule has 152 valence electrons. The second kappa shape index (κ2) is 6.90. The molecule has 1 aliphatic heterocycles. The average molecular weight is 386 g/mol. The Morgan fingerprint density at radius 3 is 2.14 bits per heavy atom. The van der Waals surface area contributed by atoms with E-state index in [-0.39, 0.29) is 11.3 Å². The van der Waals surface area contributed by atoms with Crippen molar-refractivity contribution >= 4 is 11.8 Å². The van der Waals surface area contributed by atoms with Gasteiger partial charge in [0.05, 0.1) is 5.41 Å². The van der Waals surface area contributed by atoms with Crippen LogP contribution in [0.3, 0.4) is 0 Å². The van der Waals surface area contributed by atoms with Crippen LogP contribution in [0, 0.1) is 23.2 Å². The fourth-order valence-corrected chi connectivity index (χ4v) is 6.69. The Morgan fingerprint density at radius 1 is 1.00 bits per heavy atom. The smallest absolute Gasteiger partial charge is 0.289 e. The van der Waals surface area contributed by atoms with E-state index >= 15 is 0 Å². The maximum Gasteiger partial charge on any atom is 0.289 e. The van der Waals surface area contributed by atoms with Gasteiger partial charge in [-0.3, -0.25) is 9.59 Å². The number of methoxy groups -OCH3 is 1. The standard InChI is InChI=1S/C22H30N2O4/c1-27-14-18-2-3-19(28-18)20(25)23-4-6-24(7-5-23)21(26)22-11-15-8-16(12-22)10-17(9-15)13-22/h2-3,15-17H,4-14H2,1H3. The van der Waals surface area contributed by atoms with E-state index in [0.717, 1.165) is 37.0 Å². The third-order valence-corrected chi connectivity index (χ3v) is 7.51. The number of rotatable bonds is 4. The highest BCUT2D eigenvalue weighted by molar-refractivity contribution is 5.92. The molecule has 2 amide bonds. The number of ether oxygens (including phenoxy) is 1. The molecule has 0 N–H and O–H groups in total. The molecule has 0 aromatic carbocycles. The van der Waals surface area contributed by atoms with E-state index in [1.165, 1.54) is 19.3 Å². The molecule has 4 aliphatic carbocycles. The second-order valence-corrected chi connectivity index (χ2v) is 9.48. The number of hydrogen-bond acceptors (Lipinski definition) is 4. The lowest BCUT2D eigenvalue weighted by Gasteiger charge is -2.57. The van der Waals surface area contributed by atoms with E-state index in [1.54, 1.807) is 24.1 Å². The van der Waals surface area contributed by atoms with Crippen LogP contribution in [0.4, 0.5) is 0 Å². The predicted octanol–water partition coefficient (Wildman–Crippen LogP) is 2.93. The van der Waals surface area contributed by atoms with Crippen LogP contribution in [0.25, 0.3) is 0 Å². The van der Waals surface area contributed by atoms with Crippen molar-refractivity contribution in [3.63, 3.8) is 0 Å². The van der Waals surface area contributed by atoms with Gasteiger partial charge in [0.2, 0.25) is 5.91 Å². The summed E-state index contributed by atoms with van der Waals surface area (Å²) < 4.78 is 10.6. The monoisotopic (exact) mass is 386 g/mol. The number of hydrogen-bond donors (Lipinski definition) is 0. The zero-order valence-corrected chi connectivity index (χ0v) is 16.7. The van der Waals surface area contributed by atoms with E-state index in [0.29, 0.717) is 50.2 Å². The molecule has 5 aliphatic rings. The number of amides is 2. The maximum atomic E-state index is 13.5. The Balaban J connectivity index is 1.21. The van der Waals surface area contributed by atoms with Gasteiger partial charge in [0.15, 0.2) is 5.76 Å². The first-order valence-corrected chi connectivity index (χ1v) is 10.7. The van der Waals surface area contributed by atoms with Crippen molar-refractivity contribution in [2.75, 3.05) is 33.3 Å². The lowest BCUT2D eigenvalue weighted by atomic mass is 9.49. The third kappa shape index (κ3) is 3.06. The van der Waals surface area contributed by atoms with Crippen molar-refractivity contribution < 1.29 is 18.7 Å². The zero-order valence-electron chi connectivity index (χ0n) is 16.7. The molecular weight excluding hydrogens is 356 g/mol. The van der Waals surface area contributed by atoms with Crippen molar-refractivity contribution in [3.8, 4) is 0 Å². The second-order valence-electron chi connectivity index (χ2n) is 9.48. The molecule has 28 heavy (non-hydrogen) atoms. The molecule has 0 spiro atoms. The molecule has 4 bridgehead atoms. The highest BCUT2D eigenvalue weighted by Gasteiger charge is 2.55. The lowest BCUT2D eigenvalue weighted by Crippen LogP contribution is -2.58. The summed E-state index contributed by atoms with van der Waals surface area (Å²) in [7, 11) is 1.60. The number of furan rings is 1. The van der Waals surface area contributed by atoms with Crippen LogP contribution in [0.2, 0.25) is 0 Å². The van der Waals surface area contributed by atoms with Crippen molar-refractivity contribution in [1.29, 1.82) is 0 Å². The molecule has 0 atom stereocenters. The van der Waals surface area contributed by atoms with Crippen LogP contribution in [-0.2, 0) is 16.1 Å². The fraction of sp³-hybridized carbons (Fsp3) is 0.727. The first-order valence-electron chi connectivity index (χ1n) is 10.7. The predicted molar refractivity (Wildman–Crippen MR) is 103 cm³/mol. The summed E-state index contributed by atoms with van der Waals surface area (Å²) in [5.41, 5.74) is -0.0863. The molecule has 0 radical (unpaired) electrons. The first kappa shape index (κ1) is 18.2. The van der Waals surface area contributed by atoms with Gasteiger partial charge in [0.25, 0.3) is 5.91 Å². The molecule has 0 unspecified atom stereocenters. The van der Waals surface area contributed by atoms with Crippen LogP contribution in [0.15, 0.2) is 16.5 Å². The molecule has 6 heteroatoms. The van der Waals surface area contributed by atoms with E-state index in [1.807, 2.05) is 4.90 Å². The molecule has 1 saturated heterocycles. The summed E-state index contributed by atoms with van der Waals surface area (Å²) in [5, 5.41) is 0. The highest BCUT2D eigenvalue weighted by Crippen LogP contribution is 2.60. The lowest BCUT2D eigenvalue weighted by molar-refractivity contribution is -0.159. The average Bonchev–Trinajstić information content (AvgIpc) is 3.15. The van der Waals surface area contributed by atoms with Crippen LogP contribution in [0.5, 0.6) is 0 Å². The van der Waals surface area contributed by atoms with E-state index in [2.05, 4.69) is 0 Å². The summed E-state index contributed by atoms with van der Waals surface area (Å²) in [6, 6.07) is 3.49. The van der Waals surface area contributed by atoms with Gasteiger partial charge in [-0.2, -0.15) is 0 Å². The number of nitrogens with zero attached hydrogens (tertiary/aromatic N) is 2. The summed E-state index contributed by atoms with van der Waals surface area (Å²) in [4.78, 5) is 30.0. The van der Waals surface area contributed by atoms with E-state index in [4.69, 9.17) is 9.15 Å². The minimum absolute atomic E-state index is 0.0863. The summed E-state index contributed by atoms with van der Waals surface area (Å²) in [5.74, 6) is 3.62. The largest absolute Gasteiger partial charge is 0.453 e. The number of carbonyl (C=O) groups excluding carboxylic acids is 2. The quantitative estimate of drug-likeness (QED) is 0.798. The third-order valence-electron chi connectivity index (χ3n) is 7.51. The Morgan fingerprint density at radius 2 is 1.57 bits per heavy atom. The van der Waals surface area contributed by atoms with Gasteiger partial charge in [-0.25, -0.2) is 0 Å². The SMILES string of the molecule is COCc1ccc(C(=O)N2CCN(C(=O)C34CC5CC(CC(C5)C3)C4)CC2)o1. The molecule has 6 nitrogen and oxygen atoms in total. The molecular formula is C22H30N2O4. The number of piperazine rings is 1. The van der Waals surface area contributed by atoms with Gasteiger partial charge in [-0.15, -0.1) is 0 Å². The molecule has 1 aromatic rings. The molecule has 1 aromatic heterocycles. The van der Waals surface area contributed by atoms with Crippen molar-refractivity contribution in [3.05, 3.63) is 23.7 Å². The molecule has 5 fully saturated rings. The summed E-state index contributed by atoms with van der Waals surface area (Å²) >= 11 is 0. The Hall–Kier alpha value is -1.82. The van der Waals surface area contributed by atoms with Crippen molar-refractivity contribution in [2.24, 2.45) is 23.2 Å². The minimum Gasteiger partial charge on any atom is -0.453 e. The Labute approximate surface area is 166 Å². The molecule has 4 saturated carbocycles. The Kier molecular flexibility index (Phi) is 4.49. The molecule has 2 heterocycles. The zero-order chi connectivity index (χ0) is 19.3. The highest BCUT2D eigenvalue weighted by atomic mass is 16.5. The molecule has 6 rings (SSSR count). The fourth-order valence-electron chi connectivity index (χ4n) is 6.69. The van der Waals surface area contributed by atoms with E-state index in [9.17, 15) is 9.59 Å². The minimum atomic E-state index is -0.0933. The number of carbonyl (C=O) groups is 2. The van der Waals surface area contributed by atoms with Gasteiger partial charge in [0, 0.05) is 33.3 Å². The van der Waals surface area contributed by atoms with Crippen LogP contribution >= 0.6 is 0 Å². The van der Waals surface area contributed by atoms with Crippen LogP contribution in [-0.4, -0.2) is 54.9 Å². The topological polar surface area (TPSA) is 63.0 Å². The Bertz CT molecular complexity index is 727. The van der Waals surface area contributed by atoms with Gasteiger partial charge < -0.3 is 19.0 Å². The maximum absolute atomic E-state index is 13.5. The van der Waals surface area contributed by atoms with Gasteiger partial charge in [-0.1, -0.05) is 0 Å². The van der Waals surface area contributed by atoms with E-state index < -0.39 is 0 Å². The first-order chi connectivity index (χ1) is 13.6. The van der Waals surface area contributed by atoms with Crippen molar-refractivity contribution in [1.82, 2.24) is 9.80 Å². The van der Waals surface area contributed by atoms with Gasteiger partial charge >= 0.3 is 0 Å². The van der Waals surface area contributed by atoms with Crippen molar-refractivity contribution in [2.45, 2.75) is 45.1 Å². The van der Waals surface area contributed by atoms with Gasteiger partial charge in [0.1, 0.15) is 12.4 Å². The van der Waals surface area contributed by atoms with Gasteiger partial charge in [-0.05, 0) is 68.4 Å². The van der Waals surface area contributed by atoms with Crippen LogP contribution in [0.1, 0.15) is 54.8 Å². The normalized spacial score (nSPS) is 34.1.